The Bertz CT molecular complexity index is 319. The molecule has 0 aromatic rings. The monoisotopic (exact) mass is 267 g/mol. The van der Waals surface area contributed by atoms with Crippen LogP contribution in [-0.2, 0) is 9.53 Å². The molecule has 0 aromatic carbocycles. The molecule has 108 valence electrons. The number of esters is 1. The summed E-state index contributed by atoms with van der Waals surface area (Å²) in [5, 5.41) is 6.61. The maximum atomic E-state index is 11.2. The van der Waals surface area contributed by atoms with Crippen LogP contribution in [-0.4, -0.2) is 37.7 Å². The molecule has 0 bridgehead atoms. The van der Waals surface area contributed by atoms with Gasteiger partial charge in [-0.15, -0.1) is 0 Å². The molecule has 19 heavy (non-hydrogen) atoms. The van der Waals surface area contributed by atoms with E-state index >= 15 is 0 Å². The summed E-state index contributed by atoms with van der Waals surface area (Å²) >= 11 is 0. The highest BCUT2D eigenvalue weighted by Crippen LogP contribution is 2.08. The van der Waals surface area contributed by atoms with Crippen molar-refractivity contribution in [3.05, 3.63) is 12.2 Å². The molecule has 0 saturated heterocycles. The van der Waals surface area contributed by atoms with Gasteiger partial charge < -0.3 is 15.4 Å². The van der Waals surface area contributed by atoms with Crippen LogP contribution in [0.3, 0.4) is 0 Å². The van der Waals surface area contributed by atoms with E-state index in [1.165, 1.54) is 0 Å². The molecule has 1 aliphatic carbocycles. The first-order valence-corrected chi connectivity index (χ1v) is 7.11. The molecular formula is C14H25N3O2. The van der Waals surface area contributed by atoms with Crippen LogP contribution in [0.15, 0.2) is 17.1 Å². The van der Waals surface area contributed by atoms with Gasteiger partial charge in [0.25, 0.3) is 0 Å². The number of carbonyl (C=O) groups is 1. The van der Waals surface area contributed by atoms with Crippen LogP contribution in [0.2, 0.25) is 0 Å². The number of hydrogen-bond acceptors (Lipinski definition) is 3. The number of carbonyl (C=O) groups excluding carboxylic acids is 1. The highest BCUT2D eigenvalue weighted by Gasteiger charge is 2.11. The van der Waals surface area contributed by atoms with Gasteiger partial charge in [0.1, 0.15) is 0 Å². The highest BCUT2D eigenvalue weighted by atomic mass is 16.5. The predicted molar refractivity (Wildman–Crippen MR) is 77.1 cm³/mol. The molecule has 5 nitrogen and oxygen atoms in total. The van der Waals surface area contributed by atoms with Crippen molar-refractivity contribution in [2.75, 3.05) is 19.7 Å². The summed E-state index contributed by atoms with van der Waals surface area (Å²) in [5.41, 5.74) is 0. The van der Waals surface area contributed by atoms with Gasteiger partial charge in [-0.05, 0) is 33.1 Å². The first-order valence-electron chi connectivity index (χ1n) is 7.11. The van der Waals surface area contributed by atoms with Crippen LogP contribution < -0.4 is 10.6 Å². The zero-order valence-electron chi connectivity index (χ0n) is 11.9. The topological polar surface area (TPSA) is 62.7 Å². The van der Waals surface area contributed by atoms with E-state index in [-0.39, 0.29) is 5.97 Å². The number of rotatable bonds is 7. The number of aliphatic imine (C=N–C) groups is 1. The summed E-state index contributed by atoms with van der Waals surface area (Å²) < 4.78 is 4.88. The SMILES string of the molecule is CCNC(=NCCCC(=O)OCC)NC1CC=CC1. The van der Waals surface area contributed by atoms with E-state index in [1.54, 1.807) is 0 Å². The summed E-state index contributed by atoms with van der Waals surface area (Å²) in [6.45, 7) is 5.78. The van der Waals surface area contributed by atoms with E-state index in [1.807, 2.05) is 13.8 Å². The van der Waals surface area contributed by atoms with E-state index in [4.69, 9.17) is 4.74 Å². The van der Waals surface area contributed by atoms with Crippen LogP contribution >= 0.6 is 0 Å². The van der Waals surface area contributed by atoms with Crippen LogP contribution in [0.4, 0.5) is 0 Å². The van der Waals surface area contributed by atoms with Crippen molar-refractivity contribution in [2.45, 2.75) is 45.6 Å². The molecule has 0 amide bonds. The minimum absolute atomic E-state index is 0.143. The van der Waals surface area contributed by atoms with Gasteiger partial charge in [0, 0.05) is 25.6 Å². The van der Waals surface area contributed by atoms with E-state index in [9.17, 15) is 4.79 Å². The van der Waals surface area contributed by atoms with Gasteiger partial charge in [-0.3, -0.25) is 9.79 Å². The Morgan fingerprint density at radius 2 is 2.11 bits per heavy atom. The standard InChI is InChI=1S/C14H25N3O2/c1-3-15-14(17-12-8-5-6-9-12)16-11-7-10-13(18)19-4-2/h5-6,12H,3-4,7-11H2,1-2H3,(H2,15,16,17). The second-order valence-corrected chi connectivity index (χ2v) is 4.45. The summed E-state index contributed by atoms with van der Waals surface area (Å²) in [4.78, 5) is 15.6. The Labute approximate surface area is 115 Å². The van der Waals surface area contributed by atoms with E-state index in [2.05, 4.69) is 27.8 Å². The van der Waals surface area contributed by atoms with Crippen molar-refractivity contribution in [1.29, 1.82) is 0 Å². The third-order valence-corrected chi connectivity index (χ3v) is 2.81. The van der Waals surface area contributed by atoms with Crippen molar-refractivity contribution >= 4 is 11.9 Å². The van der Waals surface area contributed by atoms with E-state index in [0.717, 1.165) is 31.8 Å². The quantitative estimate of drug-likeness (QED) is 0.242. The fraction of sp³-hybridized carbons (Fsp3) is 0.714. The third-order valence-electron chi connectivity index (χ3n) is 2.81. The van der Waals surface area contributed by atoms with Crippen LogP contribution in [0.5, 0.6) is 0 Å². The van der Waals surface area contributed by atoms with Crippen molar-refractivity contribution in [2.24, 2.45) is 4.99 Å². The molecule has 0 heterocycles. The zero-order valence-corrected chi connectivity index (χ0v) is 11.9. The number of ether oxygens (including phenoxy) is 1. The summed E-state index contributed by atoms with van der Waals surface area (Å²) in [6, 6.07) is 0.447. The number of nitrogens with one attached hydrogen (secondary N) is 2. The summed E-state index contributed by atoms with van der Waals surface area (Å²) in [5.74, 6) is 0.690. The Morgan fingerprint density at radius 3 is 2.74 bits per heavy atom. The van der Waals surface area contributed by atoms with Crippen LogP contribution in [0, 0.1) is 0 Å². The normalized spacial score (nSPS) is 15.6. The lowest BCUT2D eigenvalue weighted by Crippen LogP contribution is -2.42. The maximum Gasteiger partial charge on any atom is 0.305 e. The average molecular weight is 267 g/mol. The first-order chi connectivity index (χ1) is 9.26. The molecule has 0 fully saturated rings. The van der Waals surface area contributed by atoms with Crippen molar-refractivity contribution in [1.82, 2.24) is 10.6 Å². The average Bonchev–Trinajstić information content (AvgIpc) is 2.88. The number of guanidine groups is 1. The number of hydrogen-bond donors (Lipinski definition) is 2. The first kappa shape index (κ1) is 15.5. The summed E-state index contributed by atoms with van der Waals surface area (Å²) in [6.07, 6.45) is 7.62. The molecule has 0 atom stereocenters. The van der Waals surface area contributed by atoms with Crippen molar-refractivity contribution in [3.63, 3.8) is 0 Å². The van der Waals surface area contributed by atoms with Gasteiger partial charge in [-0.25, -0.2) is 0 Å². The van der Waals surface area contributed by atoms with Crippen LogP contribution in [0.1, 0.15) is 39.5 Å². The second-order valence-electron chi connectivity index (χ2n) is 4.45. The molecular weight excluding hydrogens is 242 g/mol. The van der Waals surface area contributed by atoms with Gasteiger partial charge in [0.2, 0.25) is 0 Å². The minimum atomic E-state index is -0.143. The molecule has 1 aliphatic rings. The lowest BCUT2D eigenvalue weighted by Gasteiger charge is -2.16. The van der Waals surface area contributed by atoms with Crippen LogP contribution in [0.25, 0.3) is 0 Å². The molecule has 5 heteroatoms. The Morgan fingerprint density at radius 1 is 1.37 bits per heavy atom. The van der Waals surface area contributed by atoms with Gasteiger partial charge in [0.15, 0.2) is 5.96 Å². The summed E-state index contributed by atoms with van der Waals surface area (Å²) in [7, 11) is 0. The van der Waals surface area contributed by atoms with E-state index in [0.29, 0.717) is 25.6 Å². The molecule has 0 radical (unpaired) electrons. The lowest BCUT2D eigenvalue weighted by molar-refractivity contribution is -0.143. The molecule has 0 spiro atoms. The van der Waals surface area contributed by atoms with Crippen molar-refractivity contribution < 1.29 is 9.53 Å². The van der Waals surface area contributed by atoms with Crippen molar-refractivity contribution in [3.8, 4) is 0 Å². The lowest BCUT2D eigenvalue weighted by atomic mass is 10.2. The molecule has 1 rings (SSSR count). The molecule has 0 aromatic heterocycles. The highest BCUT2D eigenvalue weighted by molar-refractivity contribution is 5.80. The van der Waals surface area contributed by atoms with Gasteiger partial charge in [-0.2, -0.15) is 0 Å². The smallest absolute Gasteiger partial charge is 0.305 e. The largest absolute Gasteiger partial charge is 0.466 e. The molecule has 2 N–H and O–H groups in total. The Balaban J connectivity index is 2.25. The Hall–Kier alpha value is -1.52. The number of nitrogens with zero attached hydrogens (tertiary/aromatic N) is 1. The van der Waals surface area contributed by atoms with Gasteiger partial charge in [-0.1, -0.05) is 12.2 Å². The fourth-order valence-electron chi connectivity index (χ4n) is 1.90. The molecule has 0 unspecified atom stereocenters. The maximum absolute atomic E-state index is 11.2. The fourth-order valence-corrected chi connectivity index (χ4v) is 1.90. The minimum Gasteiger partial charge on any atom is -0.466 e. The van der Waals surface area contributed by atoms with Gasteiger partial charge in [0.05, 0.1) is 6.61 Å². The van der Waals surface area contributed by atoms with Gasteiger partial charge >= 0.3 is 5.97 Å². The predicted octanol–water partition coefficient (Wildman–Crippen LogP) is 1.60. The zero-order chi connectivity index (χ0) is 13.9. The second kappa shape index (κ2) is 9.42. The molecule has 0 aliphatic heterocycles. The van der Waals surface area contributed by atoms with E-state index < -0.39 is 0 Å². The Kier molecular flexibility index (Phi) is 7.70. The third kappa shape index (κ3) is 6.84. The molecule has 0 saturated carbocycles.